The van der Waals surface area contributed by atoms with Crippen molar-refractivity contribution >= 4 is 6.09 Å². The van der Waals surface area contributed by atoms with Gasteiger partial charge in [-0.25, -0.2) is 9.78 Å². The van der Waals surface area contributed by atoms with Crippen LogP contribution in [0.15, 0.2) is 18.3 Å². The number of pyridine rings is 1. The van der Waals surface area contributed by atoms with Crippen molar-refractivity contribution < 1.29 is 9.53 Å². The van der Waals surface area contributed by atoms with E-state index in [1.807, 2.05) is 12.3 Å². The SMILES string of the molecule is O=C(NCCCN1CCCC1)Oc1ccc(CC2CC2)cn1. The molecule has 1 saturated heterocycles. The summed E-state index contributed by atoms with van der Waals surface area (Å²) in [4.78, 5) is 18.3. The van der Waals surface area contributed by atoms with Crippen LogP contribution < -0.4 is 10.1 Å². The second kappa shape index (κ2) is 7.58. The number of carbonyl (C=O) groups is 1. The fourth-order valence-electron chi connectivity index (χ4n) is 2.88. The van der Waals surface area contributed by atoms with E-state index in [0.29, 0.717) is 12.4 Å². The summed E-state index contributed by atoms with van der Waals surface area (Å²) in [7, 11) is 0. The number of nitrogens with zero attached hydrogens (tertiary/aromatic N) is 2. The zero-order valence-corrected chi connectivity index (χ0v) is 13.1. The highest BCUT2D eigenvalue weighted by Gasteiger charge is 2.21. The van der Waals surface area contributed by atoms with E-state index in [2.05, 4.69) is 15.2 Å². The van der Waals surface area contributed by atoms with Crippen molar-refractivity contribution in [3.05, 3.63) is 23.9 Å². The van der Waals surface area contributed by atoms with Crippen LogP contribution in [0, 0.1) is 5.92 Å². The number of amides is 1. The highest BCUT2D eigenvalue weighted by molar-refractivity contribution is 5.69. The molecule has 22 heavy (non-hydrogen) atoms. The van der Waals surface area contributed by atoms with Gasteiger partial charge in [0.05, 0.1) is 0 Å². The van der Waals surface area contributed by atoms with Crippen molar-refractivity contribution in [2.24, 2.45) is 5.92 Å². The van der Waals surface area contributed by atoms with Gasteiger partial charge in [0, 0.05) is 18.8 Å². The minimum absolute atomic E-state index is 0.372. The summed E-state index contributed by atoms with van der Waals surface area (Å²) in [5, 5.41) is 2.78. The molecule has 0 radical (unpaired) electrons. The van der Waals surface area contributed by atoms with E-state index in [0.717, 1.165) is 25.3 Å². The molecule has 1 saturated carbocycles. The van der Waals surface area contributed by atoms with Crippen molar-refractivity contribution in [2.75, 3.05) is 26.2 Å². The summed E-state index contributed by atoms with van der Waals surface area (Å²) in [5.41, 5.74) is 1.22. The summed E-state index contributed by atoms with van der Waals surface area (Å²) in [6.07, 6.45) is 8.72. The van der Waals surface area contributed by atoms with Gasteiger partial charge >= 0.3 is 6.09 Å². The average molecular weight is 303 g/mol. The topological polar surface area (TPSA) is 54.5 Å². The lowest BCUT2D eigenvalue weighted by Crippen LogP contribution is -2.30. The predicted molar refractivity (Wildman–Crippen MR) is 85.0 cm³/mol. The maximum atomic E-state index is 11.7. The molecule has 0 unspecified atom stereocenters. The molecule has 1 aromatic heterocycles. The molecule has 0 aromatic carbocycles. The summed E-state index contributed by atoms with van der Waals surface area (Å²) in [6, 6.07) is 3.78. The third-order valence-electron chi connectivity index (χ3n) is 4.34. The first-order valence-electron chi connectivity index (χ1n) is 8.42. The zero-order valence-electron chi connectivity index (χ0n) is 13.1. The molecule has 2 heterocycles. The van der Waals surface area contributed by atoms with E-state index in [-0.39, 0.29) is 0 Å². The Morgan fingerprint density at radius 1 is 1.32 bits per heavy atom. The third kappa shape index (κ3) is 4.98. The van der Waals surface area contributed by atoms with Gasteiger partial charge in [-0.05, 0) is 69.6 Å². The van der Waals surface area contributed by atoms with Crippen LogP contribution in [0.25, 0.3) is 0 Å². The van der Waals surface area contributed by atoms with Crippen LogP contribution in [0.5, 0.6) is 5.88 Å². The van der Waals surface area contributed by atoms with E-state index < -0.39 is 6.09 Å². The minimum Gasteiger partial charge on any atom is -0.391 e. The monoisotopic (exact) mass is 303 g/mol. The fourth-order valence-corrected chi connectivity index (χ4v) is 2.88. The molecule has 1 amide bonds. The van der Waals surface area contributed by atoms with E-state index >= 15 is 0 Å². The lowest BCUT2D eigenvalue weighted by atomic mass is 10.1. The Morgan fingerprint density at radius 3 is 2.82 bits per heavy atom. The molecular weight excluding hydrogens is 278 g/mol. The van der Waals surface area contributed by atoms with Crippen LogP contribution in [0.3, 0.4) is 0 Å². The molecule has 0 atom stereocenters. The van der Waals surface area contributed by atoms with Crippen molar-refractivity contribution in [3.8, 4) is 5.88 Å². The zero-order chi connectivity index (χ0) is 15.2. The normalized spacial score (nSPS) is 18.4. The molecule has 2 aliphatic rings. The van der Waals surface area contributed by atoms with Gasteiger partial charge in [0.15, 0.2) is 0 Å². The van der Waals surface area contributed by atoms with E-state index in [4.69, 9.17) is 4.74 Å². The summed E-state index contributed by atoms with van der Waals surface area (Å²) in [6.45, 7) is 4.09. The Balaban J connectivity index is 1.32. The van der Waals surface area contributed by atoms with Crippen LogP contribution in [-0.4, -0.2) is 42.2 Å². The Hall–Kier alpha value is -1.62. The van der Waals surface area contributed by atoms with Crippen LogP contribution in [0.1, 0.15) is 37.7 Å². The Bertz CT molecular complexity index is 479. The molecule has 3 rings (SSSR count). The molecule has 1 aliphatic carbocycles. The van der Waals surface area contributed by atoms with Gasteiger partial charge in [-0.15, -0.1) is 0 Å². The van der Waals surface area contributed by atoms with Crippen LogP contribution in [0.4, 0.5) is 4.79 Å². The van der Waals surface area contributed by atoms with Gasteiger partial charge in [-0.2, -0.15) is 0 Å². The average Bonchev–Trinajstić information content (AvgIpc) is 3.18. The molecule has 5 heteroatoms. The molecule has 0 spiro atoms. The standard InChI is InChI=1S/C17H25N3O2/c21-17(18-8-3-11-20-9-1-2-10-20)22-16-7-6-15(13-19-16)12-14-4-5-14/h6-7,13-14H,1-5,8-12H2,(H,18,21). The smallest absolute Gasteiger partial charge is 0.391 e. The molecule has 120 valence electrons. The fraction of sp³-hybridized carbons (Fsp3) is 0.647. The Morgan fingerprint density at radius 2 is 2.14 bits per heavy atom. The minimum atomic E-state index is -0.413. The number of ether oxygens (including phenoxy) is 1. The summed E-state index contributed by atoms with van der Waals surface area (Å²) < 4.78 is 5.19. The number of carbonyl (C=O) groups excluding carboxylic acids is 1. The van der Waals surface area contributed by atoms with E-state index in [1.54, 1.807) is 6.07 Å². The van der Waals surface area contributed by atoms with Crippen molar-refractivity contribution in [3.63, 3.8) is 0 Å². The van der Waals surface area contributed by atoms with Gasteiger partial charge < -0.3 is 15.0 Å². The Labute approximate surface area is 132 Å². The highest BCUT2D eigenvalue weighted by Crippen LogP contribution is 2.32. The third-order valence-corrected chi connectivity index (χ3v) is 4.34. The first-order chi connectivity index (χ1) is 10.8. The van der Waals surface area contributed by atoms with Crippen molar-refractivity contribution in [1.29, 1.82) is 0 Å². The van der Waals surface area contributed by atoms with Crippen molar-refractivity contribution in [1.82, 2.24) is 15.2 Å². The largest absolute Gasteiger partial charge is 0.413 e. The maximum absolute atomic E-state index is 11.7. The summed E-state index contributed by atoms with van der Waals surface area (Å²) >= 11 is 0. The number of nitrogens with one attached hydrogen (secondary N) is 1. The van der Waals surface area contributed by atoms with Gasteiger partial charge in [-0.3, -0.25) is 0 Å². The van der Waals surface area contributed by atoms with Crippen LogP contribution in [0.2, 0.25) is 0 Å². The second-order valence-electron chi connectivity index (χ2n) is 6.37. The molecule has 2 fully saturated rings. The first-order valence-corrected chi connectivity index (χ1v) is 8.42. The number of aromatic nitrogens is 1. The highest BCUT2D eigenvalue weighted by atomic mass is 16.6. The van der Waals surface area contributed by atoms with Crippen molar-refractivity contribution in [2.45, 2.75) is 38.5 Å². The second-order valence-corrected chi connectivity index (χ2v) is 6.37. The number of hydrogen-bond donors (Lipinski definition) is 1. The van der Waals surface area contributed by atoms with Crippen LogP contribution >= 0.6 is 0 Å². The van der Waals surface area contributed by atoms with Gasteiger partial charge in [-0.1, -0.05) is 6.07 Å². The molecular formula is C17H25N3O2. The first kappa shape index (κ1) is 15.3. The maximum Gasteiger partial charge on any atom is 0.413 e. The van der Waals surface area contributed by atoms with Gasteiger partial charge in [0.2, 0.25) is 5.88 Å². The predicted octanol–water partition coefficient (Wildman–Crippen LogP) is 2.61. The van der Waals surface area contributed by atoms with Gasteiger partial charge in [0.25, 0.3) is 0 Å². The Kier molecular flexibility index (Phi) is 5.27. The van der Waals surface area contributed by atoms with E-state index in [1.165, 1.54) is 44.3 Å². The molecule has 0 bridgehead atoms. The van der Waals surface area contributed by atoms with E-state index in [9.17, 15) is 4.79 Å². The number of likely N-dealkylation sites (tertiary alicyclic amines) is 1. The quantitative estimate of drug-likeness (QED) is 0.787. The number of rotatable bonds is 7. The molecule has 1 N–H and O–H groups in total. The van der Waals surface area contributed by atoms with Crippen LogP contribution in [-0.2, 0) is 6.42 Å². The molecule has 1 aliphatic heterocycles. The molecule has 1 aromatic rings. The van der Waals surface area contributed by atoms with Gasteiger partial charge in [0.1, 0.15) is 0 Å². The lowest BCUT2D eigenvalue weighted by molar-refractivity contribution is 0.197. The molecule has 5 nitrogen and oxygen atoms in total. The number of hydrogen-bond acceptors (Lipinski definition) is 4. The lowest BCUT2D eigenvalue weighted by Gasteiger charge is -2.14. The summed E-state index contributed by atoms with van der Waals surface area (Å²) in [5.74, 6) is 1.21.